The molecule has 3 heterocycles. The van der Waals surface area contributed by atoms with Gasteiger partial charge in [0.1, 0.15) is 5.71 Å². The van der Waals surface area contributed by atoms with Gasteiger partial charge in [-0.1, -0.05) is 0 Å². The maximum absolute atomic E-state index is 11.9. The van der Waals surface area contributed by atoms with E-state index in [0.717, 1.165) is 25.2 Å². The van der Waals surface area contributed by atoms with Crippen LogP contribution in [0.15, 0.2) is 5.10 Å². The number of thiazole rings is 1. The topological polar surface area (TPSA) is 86.7 Å². The molecule has 7 nitrogen and oxygen atoms in total. The van der Waals surface area contributed by atoms with E-state index in [2.05, 4.69) is 32.8 Å². The summed E-state index contributed by atoms with van der Waals surface area (Å²) in [6.07, 6.45) is 0.929. The summed E-state index contributed by atoms with van der Waals surface area (Å²) < 4.78 is 0. The first-order chi connectivity index (χ1) is 9.11. The average molecular weight is 279 g/mol. The molecule has 100 valence electrons. The highest BCUT2D eigenvalue weighted by molar-refractivity contribution is 7.16. The number of amides is 2. The van der Waals surface area contributed by atoms with Crippen LogP contribution in [0.25, 0.3) is 0 Å². The van der Waals surface area contributed by atoms with Crippen molar-refractivity contribution in [1.82, 2.24) is 15.3 Å². The van der Waals surface area contributed by atoms with E-state index in [9.17, 15) is 9.59 Å². The first-order valence-electron chi connectivity index (χ1n) is 5.95. The normalized spacial score (nSPS) is 18.8. The maximum atomic E-state index is 11.9. The molecule has 0 fully saturated rings. The van der Waals surface area contributed by atoms with Crippen molar-refractivity contribution in [2.45, 2.75) is 19.4 Å². The standard InChI is InChI=1S/C11H13N5O2S/c1-16-3-2-6-8(5-16)19-11(12-6)13-10(18)7-4-9(17)15-14-7/h2-5H2,1H3,(H,15,17)(H,12,13,18). The molecule has 1 aromatic heterocycles. The van der Waals surface area contributed by atoms with Crippen molar-refractivity contribution in [2.75, 3.05) is 18.9 Å². The van der Waals surface area contributed by atoms with Crippen LogP contribution in [0.2, 0.25) is 0 Å². The fraction of sp³-hybridized carbons (Fsp3) is 0.455. The third-order valence-corrected chi connectivity index (χ3v) is 4.05. The number of nitrogens with zero attached hydrogens (tertiary/aromatic N) is 3. The molecule has 0 atom stereocenters. The Morgan fingerprint density at radius 1 is 1.53 bits per heavy atom. The quantitative estimate of drug-likeness (QED) is 0.794. The Kier molecular flexibility index (Phi) is 3.03. The highest BCUT2D eigenvalue weighted by Crippen LogP contribution is 2.27. The monoisotopic (exact) mass is 279 g/mol. The molecule has 0 aliphatic carbocycles. The summed E-state index contributed by atoms with van der Waals surface area (Å²) in [7, 11) is 2.06. The molecule has 0 unspecified atom stereocenters. The number of carbonyl (C=O) groups is 2. The molecule has 0 bridgehead atoms. The molecule has 3 rings (SSSR count). The van der Waals surface area contributed by atoms with E-state index in [1.165, 1.54) is 16.2 Å². The van der Waals surface area contributed by atoms with E-state index in [1.54, 1.807) is 0 Å². The fourth-order valence-electron chi connectivity index (χ4n) is 2.04. The molecule has 8 heteroatoms. The minimum absolute atomic E-state index is 0.0274. The van der Waals surface area contributed by atoms with Gasteiger partial charge in [0.25, 0.3) is 5.91 Å². The van der Waals surface area contributed by atoms with Gasteiger partial charge in [-0.05, 0) is 7.05 Å². The molecule has 2 N–H and O–H groups in total. The Bertz CT molecular complexity index is 580. The molecule has 0 spiro atoms. The Balaban J connectivity index is 1.70. The number of likely N-dealkylation sites (N-methyl/N-ethyl adjacent to an activating group) is 1. The zero-order valence-electron chi connectivity index (χ0n) is 10.4. The van der Waals surface area contributed by atoms with Gasteiger partial charge in [-0.3, -0.25) is 14.9 Å². The van der Waals surface area contributed by atoms with Crippen molar-refractivity contribution in [2.24, 2.45) is 5.10 Å². The number of hydrazone groups is 1. The number of fused-ring (bicyclic) bond motifs is 1. The molecular weight excluding hydrogens is 266 g/mol. The smallest absolute Gasteiger partial charge is 0.274 e. The molecule has 19 heavy (non-hydrogen) atoms. The minimum atomic E-state index is -0.363. The average Bonchev–Trinajstić information content (AvgIpc) is 2.94. The first kappa shape index (κ1) is 12.2. The molecule has 2 aliphatic rings. The zero-order valence-corrected chi connectivity index (χ0v) is 11.2. The summed E-state index contributed by atoms with van der Waals surface area (Å²) in [5.41, 5.74) is 3.52. The van der Waals surface area contributed by atoms with E-state index in [1.807, 2.05) is 0 Å². The maximum Gasteiger partial charge on any atom is 0.274 e. The van der Waals surface area contributed by atoms with Gasteiger partial charge in [0.05, 0.1) is 12.1 Å². The van der Waals surface area contributed by atoms with Gasteiger partial charge in [-0.25, -0.2) is 10.4 Å². The number of hydrogen-bond donors (Lipinski definition) is 2. The second kappa shape index (κ2) is 4.71. The van der Waals surface area contributed by atoms with Crippen LogP contribution in [0.5, 0.6) is 0 Å². The van der Waals surface area contributed by atoms with E-state index in [-0.39, 0.29) is 23.9 Å². The molecule has 0 radical (unpaired) electrons. The Labute approximate surface area is 113 Å². The zero-order chi connectivity index (χ0) is 13.4. The molecule has 0 saturated heterocycles. The van der Waals surface area contributed by atoms with Gasteiger partial charge >= 0.3 is 0 Å². The van der Waals surface area contributed by atoms with Crippen molar-refractivity contribution in [1.29, 1.82) is 0 Å². The van der Waals surface area contributed by atoms with Gasteiger partial charge in [0.2, 0.25) is 5.91 Å². The SMILES string of the molecule is CN1CCc2nc(NC(=O)C3=NNC(=O)C3)sc2C1. The fourth-order valence-corrected chi connectivity index (χ4v) is 3.12. The van der Waals surface area contributed by atoms with Crippen LogP contribution in [0.1, 0.15) is 17.0 Å². The molecule has 2 amide bonds. The van der Waals surface area contributed by atoms with Crippen LogP contribution in [0.4, 0.5) is 5.13 Å². The van der Waals surface area contributed by atoms with Crippen molar-refractivity contribution >= 4 is 34.0 Å². The Morgan fingerprint density at radius 3 is 3.11 bits per heavy atom. The first-order valence-corrected chi connectivity index (χ1v) is 6.77. The summed E-state index contributed by atoms with van der Waals surface area (Å²) in [4.78, 5) is 30.7. The lowest BCUT2D eigenvalue weighted by Gasteiger charge is -2.20. The van der Waals surface area contributed by atoms with E-state index in [0.29, 0.717) is 5.13 Å². The summed E-state index contributed by atoms with van der Waals surface area (Å²) in [5, 5.41) is 6.96. The summed E-state index contributed by atoms with van der Waals surface area (Å²) in [6.45, 7) is 1.85. The largest absolute Gasteiger partial charge is 0.301 e. The second-order valence-corrected chi connectivity index (χ2v) is 5.68. The molecule has 0 aromatic carbocycles. The van der Waals surface area contributed by atoms with Gasteiger partial charge in [0.15, 0.2) is 5.13 Å². The minimum Gasteiger partial charge on any atom is -0.301 e. The van der Waals surface area contributed by atoms with Gasteiger partial charge in [-0.2, -0.15) is 5.10 Å². The highest BCUT2D eigenvalue weighted by Gasteiger charge is 2.24. The summed E-state index contributed by atoms with van der Waals surface area (Å²) >= 11 is 1.48. The number of aromatic nitrogens is 1. The van der Waals surface area contributed by atoms with E-state index < -0.39 is 0 Å². The third kappa shape index (κ3) is 2.49. The lowest BCUT2D eigenvalue weighted by atomic mass is 10.2. The van der Waals surface area contributed by atoms with E-state index in [4.69, 9.17) is 0 Å². The number of nitrogens with one attached hydrogen (secondary N) is 2. The predicted molar refractivity (Wildman–Crippen MR) is 71.0 cm³/mol. The van der Waals surface area contributed by atoms with Crippen LogP contribution in [-0.4, -0.2) is 41.0 Å². The third-order valence-electron chi connectivity index (χ3n) is 3.05. The van der Waals surface area contributed by atoms with Gasteiger partial charge in [-0.15, -0.1) is 11.3 Å². The van der Waals surface area contributed by atoms with Crippen molar-refractivity contribution in [3.8, 4) is 0 Å². The number of rotatable bonds is 2. The molecule has 0 saturated carbocycles. The van der Waals surface area contributed by atoms with Crippen molar-refractivity contribution < 1.29 is 9.59 Å². The van der Waals surface area contributed by atoms with Crippen LogP contribution < -0.4 is 10.7 Å². The van der Waals surface area contributed by atoms with Gasteiger partial charge in [0, 0.05) is 24.4 Å². The van der Waals surface area contributed by atoms with Crippen LogP contribution >= 0.6 is 11.3 Å². The Hall–Kier alpha value is -1.80. The van der Waals surface area contributed by atoms with Gasteiger partial charge < -0.3 is 4.90 Å². The lowest BCUT2D eigenvalue weighted by Crippen LogP contribution is -2.25. The van der Waals surface area contributed by atoms with Crippen molar-refractivity contribution in [3.05, 3.63) is 10.6 Å². The lowest BCUT2D eigenvalue weighted by molar-refractivity contribution is -0.119. The highest BCUT2D eigenvalue weighted by atomic mass is 32.1. The molecule has 2 aliphatic heterocycles. The number of hydrogen-bond acceptors (Lipinski definition) is 6. The summed E-state index contributed by atoms with van der Waals surface area (Å²) in [6, 6.07) is 0. The number of anilines is 1. The number of carbonyl (C=O) groups excluding carboxylic acids is 2. The summed E-state index contributed by atoms with van der Waals surface area (Å²) in [5.74, 6) is -0.622. The molecular formula is C11H13N5O2S. The predicted octanol–water partition coefficient (Wildman–Crippen LogP) is -0.0546. The van der Waals surface area contributed by atoms with Crippen LogP contribution in [0, 0.1) is 0 Å². The van der Waals surface area contributed by atoms with E-state index >= 15 is 0 Å². The molecule has 1 aromatic rings. The van der Waals surface area contributed by atoms with Crippen molar-refractivity contribution in [3.63, 3.8) is 0 Å². The Morgan fingerprint density at radius 2 is 2.37 bits per heavy atom. The second-order valence-electron chi connectivity index (χ2n) is 4.60. The van der Waals surface area contributed by atoms with Crippen LogP contribution in [-0.2, 0) is 22.6 Å². The van der Waals surface area contributed by atoms with Crippen LogP contribution in [0.3, 0.4) is 0 Å².